The lowest BCUT2D eigenvalue weighted by Crippen LogP contribution is -2.22. The van der Waals surface area contributed by atoms with E-state index in [2.05, 4.69) is 4.90 Å². The number of hydrogen-bond donors (Lipinski definition) is 1. The summed E-state index contributed by atoms with van der Waals surface area (Å²) in [5.74, 6) is -0.573. The van der Waals surface area contributed by atoms with Crippen molar-refractivity contribution in [1.29, 1.82) is 0 Å². The molecule has 4 nitrogen and oxygen atoms in total. The molecule has 0 saturated carbocycles. The number of nitrogens with zero attached hydrogens (tertiary/aromatic N) is 1. The van der Waals surface area contributed by atoms with E-state index in [1.165, 1.54) is 12.8 Å². The normalized spacial score (nSPS) is 17.4. The van der Waals surface area contributed by atoms with Gasteiger partial charge in [0.15, 0.2) is 6.10 Å². The number of aliphatic hydroxyl groups is 1. The quantitative estimate of drug-likeness (QED) is 0.824. The summed E-state index contributed by atoms with van der Waals surface area (Å²) in [6.07, 6.45) is 1.27. The molecule has 2 rings (SSSR count). The molecule has 1 saturated heterocycles. The van der Waals surface area contributed by atoms with Crippen LogP contribution in [0.5, 0.6) is 0 Å². The van der Waals surface area contributed by atoms with E-state index in [1.54, 1.807) is 13.0 Å². The fourth-order valence-electron chi connectivity index (χ4n) is 2.47. The third kappa shape index (κ3) is 3.55. The third-order valence-electron chi connectivity index (χ3n) is 3.45. The van der Waals surface area contributed by atoms with E-state index in [4.69, 9.17) is 4.74 Å². The standard InChI is InChI=1S/C15H21NO3/c1-2-19-15(18)14(17)13-8-4-3-7-12(13)11-16-9-5-6-10-16/h3-4,7-8,14,17H,2,5-6,9-11H2,1H3. The van der Waals surface area contributed by atoms with Gasteiger partial charge in [-0.25, -0.2) is 4.79 Å². The maximum absolute atomic E-state index is 11.6. The highest BCUT2D eigenvalue weighted by Gasteiger charge is 2.22. The number of carbonyl (C=O) groups is 1. The van der Waals surface area contributed by atoms with E-state index in [0.29, 0.717) is 5.56 Å². The summed E-state index contributed by atoms with van der Waals surface area (Å²) in [4.78, 5) is 14.0. The van der Waals surface area contributed by atoms with Crippen LogP contribution in [-0.4, -0.2) is 35.7 Å². The zero-order chi connectivity index (χ0) is 13.7. The molecule has 0 aromatic heterocycles. The number of benzene rings is 1. The first-order valence-electron chi connectivity index (χ1n) is 6.87. The van der Waals surface area contributed by atoms with Gasteiger partial charge >= 0.3 is 5.97 Å². The average Bonchev–Trinajstić information content (AvgIpc) is 2.92. The second kappa shape index (κ2) is 6.68. The van der Waals surface area contributed by atoms with E-state index in [9.17, 15) is 9.90 Å². The smallest absolute Gasteiger partial charge is 0.339 e. The molecule has 1 aromatic carbocycles. The molecule has 0 bridgehead atoms. The van der Waals surface area contributed by atoms with Crippen LogP contribution < -0.4 is 0 Å². The molecule has 1 aromatic rings. The molecule has 0 amide bonds. The second-order valence-corrected chi connectivity index (χ2v) is 4.84. The van der Waals surface area contributed by atoms with Crippen molar-refractivity contribution in [3.63, 3.8) is 0 Å². The fraction of sp³-hybridized carbons (Fsp3) is 0.533. The molecule has 1 aliphatic heterocycles. The van der Waals surface area contributed by atoms with Crippen LogP contribution in [0, 0.1) is 0 Å². The van der Waals surface area contributed by atoms with Crippen molar-refractivity contribution in [3.05, 3.63) is 35.4 Å². The van der Waals surface area contributed by atoms with Gasteiger partial charge in [-0.3, -0.25) is 4.90 Å². The maximum atomic E-state index is 11.6. The Kier molecular flexibility index (Phi) is 4.93. The van der Waals surface area contributed by atoms with E-state index < -0.39 is 12.1 Å². The van der Waals surface area contributed by atoms with Crippen molar-refractivity contribution in [3.8, 4) is 0 Å². The molecule has 1 N–H and O–H groups in total. The van der Waals surface area contributed by atoms with Crippen molar-refractivity contribution < 1.29 is 14.6 Å². The lowest BCUT2D eigenvalue weighted by atomic mass is 10.0. The molecular weight excluding hydrogens is 242 g/mol. The van der Waals surface area contributed by atoms with E-state index in [-0.39, 0.29) is 6.61 Å². The maximum Gasteiger partial charge on any atom is 0.339 e. The minimum absolute atomic E-state index is 0.282. The van der Waals surface area contributed by atoms with Gasteiger partial charge in [0, 0.05) is 6.54 Å². The van der Waals surface area contributed by atoms with Gasteiger partial charge in [0.1, 0.15) is 0 Å². The van der Waals surface area contributed by atoms with Gasteiger partial charge in [0.05, 0.1) is 6.61 Å². The number of likely N-dealkylation sites (tertiary alicyclic amines) is 1. The molecule has 1 fully saturated rings. The van der Waals surface area contributed by atoms with Crippen molar-refractivity contribution in [1.82, 2.24) is 4.90 Å². The number of esters is 1. The molecule has 0 aliphatic carbocycles. The summed E-state index contributed by atoms with van der Waals surface area (Å²) in [5.41, 5.74) is 1.66. The Morgan fingerprint density at radius 1 is 1.37 bits per heavy atom. The lowest BCUT2D eigenvalue weighted by molar-refractivity contribution is -0.153. The number of hydrogen-bond acceptors (Lipinski definition) is 4. The van der Waals surface area contributed by atoms with E-state index in [1.807, 2.05) is 18.2 Å². The van der Waals surface area contributed by atoms with Gasteiger partial charge in [0.2, 0.25) is 0 Å². The van der Waals surface area contributed by atoms with Crippen LogP contribution in [-0.2, 0) is 16.1 Å². The van der Waals surface area contributed by atoms with Gasteiger partial charge in [-0.2, -0.15) is 0 Å². The topological polar surface area (TPSA) is 49.8 Å². The summed E-state index contributed by atoms with van der Waals surface area (Å²) >= 11 is 0. The van der Waals surface area contributed by atoms with E-state index in [0.717, 1.165) is 25.2 Å². The van der Waals surface area contributed by atoms with Crippen molar-refractivity contribution in [2.75, 3.05) is 19.7 Å². The monoisotopic (exact) mass is 263 g/mol. The fourth-order valence-corrected chi connectivity index (χ4v) is 2.47. The number of ether oxygens (including phenoxy) is 1. The Labute approximate surface area is 114 Å². The minimum Gasteiger partial charge on any atom is -0.464 e. The van der Waals surface area contributed by atoms with E-state index >= 15 is 0 Å². The second-order valence-electron chi connectivity index (χ2n) is 4.84. The predicted molar refractivity (Wildman–Crippen MR) is 72.5 cm³/mol. The molecule has 1 aliphatic rings. The molecule has 4 heteroatoms. The SMILES string of the molecule is CCOC(=O)C(O)c1ccccc1CN1CCCC1. The minimum atomic E-state index is -1.18. The Bertz CT molecular complexity index is 427. The molecule has 104 valence electrons. The van der Waals surface area contributed by atoms with Crippen LogP contribution in [0.2, 0.25) is 0 Å². The van der Waals surface area contributed by atoms with Crippen molar-refractivity contribution in [2.24, 2.45) is 0 Å². The first-order chi connectivity index (χ1) is 9.22. The van der Waals surface area contributed by atoms with Crippen LogP contribution in [0.1, 0.15) is 37.0 Å². The first kappa shape index (κ1) is 14.0. The highest BCUT2D eigenvalue weighted by Crippen LogP contribution is 2.22. The number of aliphatic hydroxyl groups excluding tert-OH is 1. The van der Waals surface area contributed by atoms with Crippen LogP contribution in [0.15, 0.2) is 24.3 Å². The average molecular weight is 263 g/mol. The summed E-state index contributed by atoms with van der Waals surface area (Å²) in [6.45, 7) is 4.98. The third-order valence-corrected chi connectivity index (χ3v) is 3.45. The van der Waals surface area contributed by atoms with Crippen LogP contribution in [0.4, 0.5) is 0 Å². The number of rotatable bonds is 5. The summed E-state index contributed by atoms with van der Waals surface area (Å²) in [5, 5.41) is 10.1. The van der Waals surface area contributed by atoms with Crippen molar-refractivity contribution in [2.45, 2.75) is 32.4 Å². The first-order valence-corrected chi connectivity index (χ1v) is 6.87. The Morgan fingerprint density at radius 2 is 2.05 bits per heavy atom. The molecule has 0 spiro atoms. The zero-order valence-electron chi connectivity index (χ0n) is 11.3. The lowest BCUT2D eigenvalue weighted by Gasteiger charge is -2.19. The van der Waals surface area contributed by atoms with Gasteiger partial charge in [-0.05, 0) is 44.0 Å². The summed E-state index contributed by atoms with van der Waals surface area (Å²) in [6, 6.07) is 7.54. The Hall–Kier alpha value is -1.39. The molecule has 1 heterocycles. The molecule has 19 heavy (non-hydrogen) atoms. The van der Waals surface area contributed by atoms with Crippen LogP contribution in [0.3, 0.4) is 0 Å². The molecule has 0 radical (unpaired) electrons. The highest BCUT2D eigenvalue weighted by atomic mass is 16.5. The highest BCUT2D eigenvalue weighted by molar-refractivity contribution is 5.76. The van der Waals surface area contributed by atoms with Crippen molar-refractivity contribution >= 4 is 5.97 Å². The van der Waals surface area contributed by atoms with Gasteiger partial charge in [0.25, 0.3) is 0 Å². The molecule has 1 unspecified atom stereocenters. The predicted octanol–water partition coefficient (Wildman–Crippen LogP) is 1.88. The zero-order valence-corrected chi connectivity index (χ0v) is 11.3. The summed E-state index contributed by atoms with van der Waals surface area (Å²) < 4.78 is 4.88. The van der Waals surface area contributed by atoms with Crippen LogP contribution in [0.25, 0.3) is 0 Å². The van der Waals surface area contributed by atoms with Gasteiger partial charge < -0.3 is 9.84 Å². The molecule has 1 atom stereocenters. The number of carbonyl (C=O) groups excluding carboxylic acids is 1. The van der Waals surface area contributed by atoms with Crippen LogP contribution >= 0.6 is 0 Å². The molecular formula is C15H21NO3. The Morgan fingerprint density at radius 3 is 2.74 bits per heavy atom. The van der Waals surface area contributed by atoms with Gasteiger partial charge in [-0.1, -0.05) is 24.3 Å². The van der Waals surface area contributed by atoms with Gasteiger partial charge in [-0.15, -0.1) is 0 Å². The summed E-state index contributed by atoms with van der Waals surface area (Å²) in [7, 11) is 0. The Balaban J connectivity index is 2.12. The largest absolute Gasteiger partial charge is 0.464 e.